The van der Waals surface area contributed by atoms with E-state index in [0.29, 0.717) is 12.6 Å². The van der Waals surface area contributed by atoms with Crippen molar-refractivity contribution in [2.45, 2.75) is 44.7 Å². The Morgan fingerprint density at radius 3 is 2.50 bits per heavy atom. The molecule has 1 saturated carbocycles. The second kappa shape index (κ2) is 7.29. The number of imide groups is 1. The summed E-state index contributed by atoms with van der Waals surface area (Å²) in [7, 11) is 0. The quantitative estimate of drug-likeness (QED) is 0.820. The highest BCUT2D eigenvalue weighted by molar-refractivity contribution is 7.07. The van der Waals surface area contributed by atoms with Crippen molar-refractivity contribution in [2.24, 2.45) is 5.92 Å². The van der Waals surface area contributed by atoms with E-state index in [1.54, 1.807) is 11.3 Å². The van der Waals surface area contributed by atoms with Gasteiger partial charge in [0.2, 0.25) is 0 Å². The van der Waals surface area contributed by atoms with Crippen LogP contribution in [0.5, 0.6) is 0 Å². The van der Waals surface area contributed by atoms with Crippen LogP contribution in [-0.4, -0.2) is 65.0 Å². The first-order chi connectivity index (χ1) is 12.6. The molecule has 142 valence electrons. The van der Waals surface area contributed by atoms with E-state index in [2.05, 4.69) is 38.9 Å². The lowest BCUT2D eigenvalue weighted by Crippen LogP contribution is -2.52. The molecule has 1 aromatic rings. The molecule has 6 nitrogen and oxygen atoms in total. The fraction of sp³-hybridized carbons (Fsp3) is 0.684. The van der Waals surface area contributed by atoms with Crippen LogP contribution in [0, 0.1) is 5.92 Å². The number of nitrogens with one attached hydrogen (secondary N) is 1. The van der Waals surface area contributed by atoms with Crippen molar-refractivity contribution >= 4 is 23.3 Å². The van der Waals surface area contributed by atoms with E-state index in [1.165, 1.54) is 10.5 Å². The Hall–Kier alpha value is -1.44. The minimum Gasteiger partial charge on any atom is -0.323 e. The van der Waals surface area contributed by atoms with Gasteiger partial charge in [0.25, 0.3) is 5.91 Å². The van der Waals surface area contributed by atoms with Crippen molar-refractivity contribution < 1.29 is 9.59 Å². The number of nitrogens with zero attached hydrogens (tertiary/aromatic N) is 3. The molecule has 26 heavy (non-hydrogen) atoms. The van der Waals surface area contributed by atoms with Gasteiger partial charge in [-0.25, -0.2) is 9.69 Å². The fourth-order valence-corrected chi connectivity index (χ4v) is 4.99. The standard InChI is InChI=1S/C19H28N4O2S/c1-15-2-5-19(6-3-15)17(24)23(18(25)20-19)14-22-9-7-21(8-10-22)12-16-4-11-26-13-16/h4,11,13,15H,2-3,5-10,12,14H2,1H3,(H,20,25). The topological polar surface area (TPSA) is 55.9 Å². The summed E-state index contributed by atoms with van der Waals surface area (Å²) in [5, 5.41) is 7.33. The predicted molar refractivity (Wildman–Crippen MR) is 102 cm³/mol. The molecule has 3 amide bonds. The maximum absolute atomic E-state index is 13.0. The first kappa shape index (κ1) is 17.9. The zero-order valence-electron chi connectivity index (χ0n) is 15.4. The van der Waals surface area contributed by atoms with Gasteiger partial charge in [0.15, 0.2) is 0 Å². The van der Waals surface area contributed by atoms with Gasteiger partial charge in [-0.05, 0) is 54.0 Å². The average molecular weight is 377 g/mol. The summed E-state index contributed by atoms with van der Waals surface area (Å²) < 4.78 is 0. The van der Waals surface area contributed by atoms with Crippen molar-refractivity contribution in [3.05, 3.63) is 22.4 Å². The molecule has 1 spiro atoms. The zero-order valence-corrected chi connectivity index (χ0v) is 16.3. The van der Waals surface area contributed by atoms with Gasteiger partial charge in [0.05, 0.1) is 6.67 Å². The van der Waals surface area contributed by atoms with Crippen molar-refractivity contribution in [1.29, 1.82) is 0 Å². The second-order valence-corrected chi connectivity index (χ2v) is 8.88. The Bertz CT molecular complexity index is 647. The van der Waals surface area contributed by atoms with Crippen molar-refractivity contribution in [3.8, 4) is 0 Å². The number of carbonyl (C=O) groups is 2. The molecular weight excluding hydrogens is 348 g/mol. The second-order valence-electron chi connectivity index (χ2n) is 8.10. The molecule has 7 heteroatoms. The van der Waals surface area contributed by atoms with Crippen LogP contribution in [-0.2, 0) is 11.3 Å². The molecule has 3 fully saturated rings. The van der Waals surface area contributed by atoms with E-state index >= 15 is 0 Å². The summed E-state index contributed by atoms with van der Waals surface area (Å²) in [4.78, 5) is 31.5. The molecule has 3 heterocycles. The first-order valence-electron chi connectivity index (χ1n) is 9.66. The van der Waals surface area contributed by atoms with E-state index in [-0.39, 0.29) is 11.9 Å². The van der Waals surface area contributed by atoms with Crippen LogP contribution in [0.15, 0.2) is 16.8 Å². The van der Waals surface area contributed by atoms with Crippen molar-refractivity contribution in [3.63, 3.8) is 0 Å². The number of rotatable bonds is 4. The van der Waals surface area contributed by atoms with Crippen molar-refractivity contribution in [1.82, 2.24) is 20.0 Å². The smallest absolute Gasteiger partial charge is 0.323 e. The van der Waals surface area contributed by atoms with Crippen LogP contribution in [0.25, 0.3) is 0 Å². The Morgan fingerprint density at radius 2 is 1.85 bits per heavy atom. The Balaban J connectivity index is 1.30. The third-order valence-corrected chi connectivity index (χ3v) is 6.90. The molecule has 3 aliphatic rings. The highest BCUT2D eigenvalue weighted by atomic mass is 32.1. The lowest BCUT2D eigenvalue weighted by Gasteiger charge is -2.36. The van der Waals surface area contributed by atoms with Gasteiger partial charge in [-0.3, -0.25) is 14.6 Å². The predicted octanol–water partition coefficient (Wildman–Crippen LogP) is 2.32. The zero-order chi connectivity index (χ0) is 18.1. The molecule has 0 aromatic carbocycles. The van der Waals surface area contributed by atoms with E-state index in [0.717, 1.165) is 58.4 Å². The normalized spacial score (nSPS) is 31.0. The molecular formula is C19H28N4O2S. The highest BCUT2D eigenvalue weighted by Gasteiger charge is 2.52. The molecule has 1 aromatic heterocycles. The number of hydrogen-bond donors (Lipinski definition) is 1. The van der Waals surface area contributed by atoms with Crippen molar-refractivity contribution in [2.75, 3.05) is 32.8 Å². The highest BCUT2D eigenvalue weighted by Crippen LogP contribution is 2.36. The molecule has 1 N–H and O–H groups in total. The van der Waals surface area contributed by atoms with Gasteiger partial charge in [-0.2, -0.15) is 11.3 Å². The fourth-order valence-electron chi connectivity index (χ4n) is 4.33. The molecule has 4 rings (SSSR count). The van der Waals surface area contributed by atoms with E-state index in [4.69, 9.17) is 0 Å². The minimum absolute atomic E-state index is 0.00453. The van der Waals surface area contributed by atoms with Gasteiger partial charge in [0, 0.05) is 32.7 Å². The number of amides is 3. The number of piperazine rings is 1. The number of carbonyl (C=O) groups excluding carboxylic acids is 2. The van der Waals surface area contributed by atoms with Crippen LogP contribution in [0.3, 0.4) is 0 Å². The molecule has 2 saturated heterocycles. The maximum atomic E-state index is 13.0. The lowest BCUT2D eigenvalue weighted by atomic mass is 9.77. The van der Waals surface area contributed by atoms with E-state index in [1.807, 2.05) is 0 Å². The number of thiophene rings is 1. The van der Waals surface area contributed by atoms with E-state index in [9.17, 15) is 9.59 Å². The van der Waals surface area contributed by atoms with E-state index < -0.39 is 5.54 Å². The average Bonchev–Trinajstić information content (AvgIpc) is 3.22. The number of hydrogen-bond acceptors (Lipinski definition) is 5. The Morgan fingerprint density at radius 1 is 1.15 bits per heavy atom. The van der Waals surface area contributed by atoms with Crippen LogP contribution in [0.1, 0.15) is 38.2 Å². The van der Waals surface area contributed by atoms with Crippen LogP contribution in [0.2, 0.25) is 0 Å². The summed E-state index contributed by atoms with van der Waals surface area (Å²) in [6.45, 7) is 7.37. The van der Waals surface area contributed by atoms with Gasteiger partial charge >= 0.3 is 6.03 Å². The van der Waals surface area contributed by atoms with Gasteiger partial charge in [-0.1, -0.05) is 6.92 Å². The van der Waals surface area contributed by atoms with Gasteiger partial charge in [0.1, 0.15) is 5.54 Å². The molecule has 0 bridgehead atoms. The lowest BCUT2D eigenvalue weighted by molar-refractivity contribution is -0.134. The molecule has 1 aliphatic carbocycles. The van der Waals surface area contributed by atoms with Gasteiger partial charge < -0.3 is 5.32 Å². The Labute approximate surface area is 159 Å². The summed E-state index contributed by atoms with van der Waals surface area (Å²) in [5.41, 5.74) is 0.746. The maximum Gasteiger partial charge on any atom is 0.326 e. The van der Waals surface area contributed by atoms with Crippen LogP contribution < -0.4 is 5.32 Å². The first-order valence-corrected chi connectivity index (χ1v) is 10.6. The summed E-state index contributed by atoms with van der Waals surface area (Å²) in [5.74, 6) is 0.644. The van der Waals surface area contributed by atoms with Gasteiger partial charge in [-0.15, -0.1) is 0 Å². The SMILES string of the molecule is CC1CCC2(CC1)NC(=O)N(CN1CCN(Cc3ccsc3)CC1)C2=O. The van der Waals surface area contributed by atoms with Crippen LogP contribution >= 0.6 is 11.3 Å². The largest absolute Gasteiger partial charge is 0.326 e. The van der Waals surface area contributed by atoms with Crippen LogP contribution in [0.4, 0.5) is 4.79 Å². The number of urea groups is 1. The molecule has 0 unspecified atom stereocenters. The molecule has 2 aliphatic heterocycles. The summed E-state index contributed by atoms with van der Waals surface area (Å²) >= 11 is 1.74. The monoisotopic (exact) mass is 376 g/mol. The third-order valence-electron chi connectivity index (χ3n) is 6.17. The third kappa shape index (κ3) is 3.52. The molecule has 0 radical (unpaired) electrons. The molecule has 0 atom stereocenters. The summed E-state index contributed by atoms with van der Waals surface area (Å²) in [6.07, 6.45) is 3.59. The minimum atomic E-state index is -0.621. The Kier molecular flexibility index (Phi) is 5.03. The summed E-state index contributed by atoms with van der Waals surface area (Å²) in [6, 6.07) is 1.97.